The summed E-state index contributed by atoms with van der Waals surface area (Å²) in [4.78, 5) is 0. The molecule has 0 unspecified atom stereocenters. The molecule has 0 aliphatic rings. The highest BCUT2D eigenvalue weighted by molar-refractivity contribution is 4.80. The minimum atomic E-state index is 0.664. The molecule has 0 aromatic heterocycles. The molecule has 0 fully saturated rings. The van der Waals surface area contributed by atoms with Gasteiger partial charge in [-0.25, -0.2) is 0 Å². The molecule has 0 bridgehead atoms. The summed E-state index contributed by atoms with van der Waals surface area (Å²) >= 11 is 0. The highest BCUT2D eigenvalue weighted by atomic mass is 16.5. The second kappa shape index (κ2) is 30.5. The zero-order chi connectivity index (χ0) is 27.1. The molecule has 224 valence electrons. The Hall–Kier alpha value is -0.0400. The number of hydrogen-bond acceptors (Lipinski definition) is 1. The van der Waals surface area contributed by atoms with Gasteiger partial charge in [0.25, 0.3) is 0 Å². The van der Waals surface area contributed by atoms with E-state index in [4.69, 9.17) is 4.74 Å². The van der Waals surface area contributed by atoms with E-state index < -0.39 is 0 Å². The SMILES string of the molecule is CCCCCCCCC(CCCCCCCC)(CCCCCCCC)CCCCCCCCCOCC. The lowest BCUT2D eigenvalue weighted by atomic mass is 9.70. The summed E-state index contributed by atoms with van der Waals surface area (Å²) in [5, 5.41) is 0. The predicted molar refractivity (Wildman–Crippen MR) is 170 cm³/mol. The van der Waals surface area contributed by atoms with Crippen LogP contribution in [0.5, 0.6) is 0 Å². The van der Waals surface area contributed by atoms with Crippen molar-refractivity contribution in [3.63, 3.8) is 0 Å². The third-order valence-electron chi connectivity index (χ3n) is 8.88. The molecule has 37 heavy (non-hydrogen) atoms. The molecule has 0 spiro atoms. The van der Waals surface area contributed by atoms with Crippen LogP contribution in [-0.2, 0) is 4.74 Å². The van der Waals surface area contributed by atoms with Crippen molar-refractivity contribution in [2.24, 2.45) is 5.41 Å². The summed E-state index contributed by atoms with van der Waals surface area (Å²) in [7, 11) is 0. The molecule has 0 aromatic rings. The first kappa shape index (κ1) is 37.0. The summed E-state index contributed by atoms with van der Waals surface area (Å²) in [5.74, 6) is 0. The second-order valence-corrected chi connectivity index (χ2v) is 12.5. The lowest BCUT2D eigenvalue weighted by molar-refractivity contribution is 0.143. The summed E-state index contributed by atoms with van der Waals surface area (Å²) in [6, 6.07) is 0. The van der Waals surface area contributed by atoms with Crippen molar-refractivity contribution in [2.45, 2.75) is 214 Å². The number of ether oxygens (including phenoxy) is 1. The minimum absolute atomic E-state index is 0.664. The van der Waals surface area contributed by atoms with Crippen LogP contribution in [0, 0.1) is 5.41 Å². The maximum atomic E-state index is 5.49. The van der Waals surface area contributed by atoms with Gasteiger partial charge in [0.1, 0.15) is 0 Å². The standard InChI is InChI=1S/C36H74O/c1-5-9-12-15-21-26-31-36(32-27-22-16-13-10-6-2,33-28-23-17-14-11-7-3)34-29-24-19-18-20-25-30-35-37-8-4/h5-35H2,1-4H3. The smallest absolute Gasteiger partial charge is 0.0465 e. The Kier molecular flexibility index (Phi) is 30.5. The molecule has 0 rings (SSSR count). The Morgan fingerprint density at radius 1 is 0.324 bits per heavy atom. The lowest BCUT2D eigenvalue weighted by Crippen LogP contribution is -2.21. The molecular formula is C36H74O. The van der Waals surface area contributed by atoms with Gasteiger partial charge in [0.15, 0.2) is 0 Å². The van der Waals surface area contributed by atoms with Gasteiger partial charge in [-0.05, 0) is 44.4 Å². The van der Waals surface area contributed by atoms with Crippen LogP contribution in [0.3, 0.4) is 0 Å². The van der Waals surface area contributed by atoms with Crippen LogP contribution in [0.1, 0.15) is 214 Å². The van der Waals surface area contributed by atoms with E-state index in [1.54, 1.807) is 0 Å². The van der Waals surface area contributed by atoms with Gasteiger partial charge in [0.05, 0.1) is 0 Å². The van der Waals surface area contributed by atoms with Crippen LogP contribution in [-0.4, -0.2) is 13.2 Å². The van der Waals surface area contributed by atoms with Crippen molar-refractivity contribution in [1.82, 2.24) is 0 Å². The van der Waals surface area contributed by atoms with Crippen molar-refractivity contribution < 1.29 is 4.74 Å². The van der Waals surface area contributed by atoms with Crippen LogP contribution in [0.25, 0.3) is 0 Å². The fraction of sp³-hybridized carbons (Fsp3) is 1.00. The third kappa shape index (κ3) is 26.0. The van der Waals surface area contributed by atoms with E-state index >= 15 is 0 Å². The maximum Gasteiger partial charge on any atom is 0.0465 e. The van der Waals surface area contributed by atoms with E-state index in [1.165, 1.54) is 186 Å². The maximum absolute atomic E-state index is 5.49. The van der Waals surface area contributed by atoms with Gasteiger partial charge < -0.3 is 4.74 Å². The summed E-state index contributed by atoms with van der Waals surface area (Å²) < 4.78 is 5.49. The molecular weight excluding hydrogens is 448 g/mol. The van der Waals surface area contributed by atoms with E-state index in [-0.39, 0.29) is 0 Å². The first-order valence-corrected chi connectivity index (χ1v) is 17.8. The van der Waals surface area contributed by atoms with E-state index in [9.17, 15) is 0 Å². The van der Waals surface area contributed by atoms with Gasteiger partial charge in [-0.15, -0.1) is 0 Å². The fourth-order valence-electron chi connectivity index (χ4n) is 6.32. The Morgan fingerprint density at radius 2 is 0.595 bits per heavy atom. The molecule has 0 aliphatic heterocycles. The Bertz CT molecular complexity index is 363. The van der Waals surface area contributed by atoms with E-state index in [0.717, 1.165) is 13.2 Å². The molecule has 0 radical (unpaired) electrons. The van der Waals surface area contributed by atoms with Crippen LogP contribution >= 0.6 is 0 Å². The molecule has 1 nitrogen and oxygen atoms in total. The Balaban J connectivity index is 4.69. The predicted octanol–water partition coefficient (Wildman–Crippen LogP) is 13.4. The van der Waals surface area contributed by atoms with Gasteiger partial charge in [-0.1, -0.05) is 175 Å². The molecule has 1 heteroatoms. The van der Waals surface area contributed by atoms with Gasteiger partial charge in [0.2, 0.25) is 0 Å². The van der Waals surface area contributed by atoms with E-state index in [1.807, 2.05) is 0 Å². The number of hydrogen-bond donors (Lipinski definition) is 0. The van der Waals surface area contributed by atoms with E-state index in [2.05, 4.69) is 27.7 Å². The molecule has 0 aromatic carbocycles. The number of unbranched alkanes of at least 4 members (excludes halogenated alkanes) is 21. The van der Waals surface area contributed by atoms with Gasteiger partial charge in [-0.3, -0.25) is 0 Å². The summed E-state index contributed by atoms with van der Waals surface area (Å²) in [5.41, 5.74) is 0.664. The average molecular weight is 523 g/mol. The van der Waals surface area contributed by atoms with Crippen LogP contribution < -0.4 is 0 Å². The number of rotatable bonds is 32. The molecule has 0 N–H and O–H groups in total. The fourth-order valence-corrected chi connectivity index (χ4v) is 6.32. The molecule has 0 heterocycles. The van der Waals surface area contributed by atoms with Crippen molar-refractivity contribution in [3.05, 3.63) is 0 Å². The van der Waals surface area contributed by atoms with Crippen molar-refractivity contribution >= 4 is 0 Å². The zero-order valence-electron chi connectivity index (χ0n) is 26.8. The van der Waals surface area contributed by atoms with Gasteiger partial charge in [0, 0.05) is 13.2 Å². The lowest BCUT2D eigenvalue weighted by Gasteiger charge is -2.35. The van der Waals surface area contributed by atoms with Crippen LogP contribution in [0.2, 0.25) is 0 Å². The Labute approximate surface area is 237 Å². The minimum Gasteiger partial charge on any atom is -0.382 e. The van der Waals surface area contributed by atoms with Crippen LogP contribution in [0.4, 0.5) is 0 Å². The second-order valence-electron chi connectivity index (χ2n) is 12.5. The monoisotopic (exact) mass is 523 g/mol. The van der Waals surface area contributed by atoms with Gasteiger partial charge in [-0.2, -0.15) is 0 Å². The topological polar surface area (TPSA) is 9.23 Å². The molecule has 0 aliphatic carbocycles. The molecule has 0 amide bonds. The van der Waals surface area contributed by atoms with Crippen molar-refractivity contribution in [1.29, 1.82) is 0 Å². The Morgan fingerprint density at radius 3 is 0.892 bits per heavy atom. The third-order valence-corrected chi connectivity index (χ3v) is 8.88. The van der Waals surface area contributed by atoms with Crippen molar-refractivity contribution in [3.8, 4) is 0 Å². The van der Waals surface area contributed by atoms with Gasteiger partial charge >= 0.3 is 0 Å². The average Bonchev–Trinajstić information content (AvgIpc) is 2.91. The normalized spacial score (nSPS) is 12.0. The highest BCUT2D eigenvalue weighted by Gasteiger charge is 2.28. The summed E-state index contributed by atoms with van der Waals surface area (Å²) in [6.45, 7) is 11.0. The molecule has 0 saturated carbocycles. The van der Waals surface area contributed by atoms with Crippen molar-refractivity contribution in [2.75, 3.05) is 13.2 Å². The van der Waals surface area contributed by atoms with E-state index in [0.29, 0.717) is 5.41 Å². The van der Waals surface area contributed by atoms with Crippen LogP contribution in [0.15, 0.2) is 0 Å². The molecule has 0 saturated heterocycles. The quantitative estimate of drug-likeness (QED) is 0.0798. The first-order valence-electron chi connectivity index (χ1n) is 17.8. The largest absolute Gasteiger partial charge is 0.382 e. The highest BCUT2D eigenvalue weighted by Crippen LogP contribution is 2.42. The zero-order valence-corrected chi connectivity index (χ0v) is 26.8. The summed E-state index contributed by atoms with van der Waals surface area (Å²) in [6.07, 6.45) is 42.1. The molecule has 0 atom stereocenters. The first-order chi connectivity index (χ1) is 18.2.